The third-order valence-corrected chi connectivity index (χ3v) is 4.91. The predicted molar refractivity (Wildman–Crippen MR) is 94.6 cm³/mol. The minimum absolute atomic E-state index is 0.529. The minimum atomic E-state index is 0.529. The lowest BCUT2D eigenvalue weighted by atomic mass is 10.0. The summed E-state index contributed by atoms with van der Waals surface area (Å²) in [6.45, 7) is 5.43. The number of aryl methyl sites for hydroxylation is 2. The van der Waals surface area contributed by atoms with Crippen LogP contribution in [0, 0.1) is 6.92 Å². The Bertz CT molecular complexity index is 532. The van der Waals surface area contributed by atoms with Crippen molar-refractivity contribution >= 4 is 22.9 Å². The number of halogens is 1. The first-order valence-corrected chi connectivity index (χ1v) is 8.90. The van der Waals surface area contributed by atoms with Gasteiger partial charge >= 0.3 is 0 Å². The van der Waals surface area contributed by atoms with Crippen molar-refractivity contribution in [2.45, 2.75) is 45.6 Å². The van der Waals surface area contributed by atoms with E-state index in [0.29, 0.717) is 6.04 Å². The van der Waals surface area contributed by atoms with E-state index >= 15 is 0 Å². The van der Waals surface area contributed by atoms with E-state index in [1.165, 1.54) is 28.8 Å². The van der Waals surface area contributed by atoms with Crippen molar-refractivity contribution in [1.29, 1.82) is 0 Å². The Hall–Kier alpha value is -0.830. The van der Waals surface area contributed by atoms with Crippen molar-refractivity contribution in [3.63, 3.8) is 0 Å². The van der Waals surface area contributed by atoms with E-state index in [1.54, 1.807) is 11.3 Å². The fourth-order valence-corrected chi connectivity index (χ4v) is 3.59. The Morgan fingerprint density at radius 1 is 1.14 bits per heavy atom. The number of nitrogens with one attached hydrogen (secondary N) is 1. The van der Waals surface area contributed by atoms with E-state index in [0.717, 1.165) is 23.7 Å². The molecule has 0 bridgehead atoms. The molecule has 114 valence electrons. The molecule has 1 aromatic heterocycles. The Balaban J connectivity index is 1.90. The number of hydrogen-bond acceptors (Lipinski definition) is 2. The average Bonchev–Trinajstić information content (AvgIpc) is 2.89. The summed E-state index contributed by atoms with van der Waals surface area (Å²) >= 11 is 7.73. The topological polar surface area (TPSA) is 12.0 Å². The lowest BCUT2D eigenvalue weighted by molar-refractivity contribution is 0.480. The number of rotatable bonds is 8. The number of thiophene rings is 1. The molecule has 2 aromatic rings. The molecular weight excluding hydrogens is 298 g/mol. The maximum Gasteiger partial charge on any atom is 0.0931 e. The van der Waals surface area contributed by atoms with E-state index < -0.39 is 0 Å². The van der Waals surface area contributed by atoms with Crippen LogP contribution >= 0.6 is 22.9 Å². The van der Waals surface area contributed by atoms with Crippen LogP contribution in [0.4, 0.5) is 0 Å². The summed E-state index contributed by atoms with van der Waals surface area (Å²) in [4.78, 5) is 1.37. The zero-order chi connectivity index (χ0) is 15.1. The predicted octanol–water partition coefficient (Wildman–Crippen LogP) is 5.25. The van der Waals surface area contributed by atoms with Gasteiger partial charge in [-0.15, -0.1) is 11.3 Å². The molecule has 0 saturated carbocycles. The van der Waals surface area contributed by atoms with Gasteiger partial charge in [-0.1, -0.05) is 48.4 Å². The van der Waals surface area contributed by atoms with Gasteiger partial charge in [-0.3, -0.25) is 0 Å². The lowest BCUT2D eigenvalue weighted by Gasteiger charge is -2.18. The summed E-state index contributed by atoms with van der Waals surface area (Å²) in [5.74, 6) is 0. The first-order chi connectivity index (χ1) is 10.2. The monoisotopic (exact) mass is 321 g/mol. The van der Waals surface area contributed by atoms with Crippen LogP contribution < -0.4 is 5.32 Å². The summed E-state index contributed by atoms with van der Waals surface area (Å²) in [5.41, 5.74) is 2.75. The molecule has 1 unspecified atom stereocenters. The second-order valence-electron chi connectivity index (χ2n) is 5.59. The van der Waals surface area contributed by atoms with Gasteiger partial charge in [0, 0.05) is 10.9 Å². The summed E-state index contributed by atoms with van der Waals surface area (Å²) in [6.07, 6.45) is 4.54. The molecule has 0 aliphatic carbocycles. The maximum atomic E-state index is 6.03. The summed E-state index contributed by atoms with van der Waals surface area (Å²) in [6, 6.07) is 13.6. The third kappa shape index (κ3) is 5.82. The smallest absolute Gasteiger partial charge is 0.0931 e. The molecule has 0 radical (unpaired) electrons. The minimum Gasteiger partial charge on any atom is -0.314 e. The number of hydrogen-bond donors (Lipinski definition) is 1. The first kappa shape index (κ1) is 16.5. The molecule has 2 rings (SSSR count). The molecule has 21 heavy (non-hydrogen) atoms. The van der Waals surface area contributed by atoms with Gasteiger partial charge in [0.2, 0.25) is 0 Å². The molecule has 0 aliphatic heterocycles. The molecule has 1 N–H and O–H groups in total. The zero-order valence-corrected chi connectivity index (χ0v) is 14.4. The van der Waals surface area contributed by atoms with Gasteiger partial charge in [-0.05, 0) is 56.8 Å². The van der Waals surface area contributed by atoms with E-state index in [9.17, 15) is 0 Å². The SMILES string of the molecule is CCCNC(CCc1ccc(C)cc1)Cc1ccc(Cl)s1. The van der Waals surface area contributed by atoms with Crippen LogP contribution in [0.2, 0.25) is 4.34 Å². The van der Waals surface area contributed by atoms with Gasteiger partial charge in [0.1, 0.15) is 0 Å². The second-order valence-corrected chi connectivity index (χ2v) is 7.38. The van der Waals surface area contributed by atoms with Crippen molar-refractivity contribution in [3.8, 4) is 0 Å². The second kappa shape index (κ2) is 8.57. The highest BCUT2D eigenvalue weighted by Gasteiger charge is 2.10. The number of benzene rings is 1. The van der Waals surface area contributed by atoms with Crippen LogP contribution in [-0.4, -0.2) is 12.6 Å². The molecule has 0 spiro atoms. The van der Waals surface area contributed by atoms with E-state index in [4.69, 9.17) is 11.6 Å². The van der Waals surface area contributed by atoms with Gasteiger partial charge in [0.05, 0.1) is 4.34 Å². The van der Waals surface area contributed by atoms with Crippen molar-refractivity contribution in [3.05, 3.63) is 56.7 Å². The van der Waals surface area contributed by atoms with Crippen LogP contribution in [0.25, 0.3) is 0 Å². The maximum absolute atomic E-state index is 6.03. The van der Waals surface area contributed by atoms with Crippen molar-refractivity contribution in [2.24, 2.45) is 0 Å². The molecule has 1 aromatic carbocycles. The summed E-state index contributed by atoms with van der Waals surface area (Å²) in [7, 11) is 0. The van der Waals surface area contributed by atoms with E-state index in [-0.39, 0.29) is 0 Å². The van der Waals surface area contributed by atoms with Crippen LogP contribution in [0.15, 0.2) is 36.4 Å². The summed E-state index contributed by atoms with van der Waals surface area (Å²) < 4.78 is 0.887. The normalized spacial score (nSPS) is 12.5. The molecule has 0 saturated heterocycles. The molecule has 0 aliphatic rings. The standard InChI is InChI=1S/C18H24ClNS/c1-3-12-20-16(13-17-10-11-18(19)21-17)9-8-15-6-4-14(2)5-7-15/h4-7,10-11,16,20H,3,8-9,12-13H2,1-2H3. The highest BCUT2D eigenvalue weighted by Crippen LogP contribution is 2.23. The Morgan fingerprint density at radius 2 is 1.90 bits per heavy atom. The Labute approximate surface area is 137 Å². The quantitative estimate of drug-likeness (QED) is 0.700. The van der Waals surface area contributed by atoms with Gasteiger partial charge in [0.15, 0.2) is 0 Å². The largest absolute Gasteiger partial charge is 0.314 e. The van der Waals surface area contributed by atoms with Crippen molar-refractivity contribution in [1.82, 2.24) is 5.32 Å². The fraction of sp³-hybridized carbons (Fsp3) is 0.444. The zero-order valence-electron chi connectivity index (χ0n) is 12.9. The molecule has 1 nitrogen and oxygen atoms in total. The van der Waals surface area contributed by atoms with Crippen molar-refractivity contribution in [2.75, 3.05) is 6.54 Å². The average molecular weight is 322 g/mol. The highest BCUT2D eigenvalue weighted by molar-refractivity contribution is 7.16. The fourth-order valence-electron chi connectivity index (χ4n) is 2.42. The Kier molecular flexibility index (Phi) is 6.75. The summed E-state index contributed by atoms with van der Waals surface area (Å²) in [5, 5.41) is 3.67. The highest BCUT2D eigenvalue weighted by atomic mass is 35.5. The first-order valence-electron chi connectivity index (χ1n) is 7.70. The molecule has 3 heteroatoms. The van der Waals surface area contributed by atoms with Crippen LogP contribution in [-0.2, 0) is 12.8 Å². The van der Waals surface area contributed by atoms with Gasteiger partial charge in [-0.25, -0.2) is 0 Å². The van der Waals surface area contributed by atoms with Gasteiger partial charge in [0.25, 0.3) is 0 Å². The van der Waals surface area contributed by atoms with E-state index in [2.05, 4.69) is 49.5 Å². The van der Waals surface area contributed by atoms with Gasteiger partial charge < -0.3 is 5.32 Å². The van der Waals surface area contributed by atoms with Crippen molar-refractivity contribution < 1.29 is 0 Å². The van der Waals surface area contributed by atoms with Crippen LogP contribution in [0.5, 0.6) is 0 Å². The molecular formula is C18H24ClNS. The van der Waals surface area contributed by atoms with Gasteiger partial charge in [-0.2, -0.15) is 0 Å². The third-order valence-electron chi connectivity index (χ3n) is 3.66. The molecule has 0 fully saturated rings. The lowest BCUT2D eigenvalue weighted by Crippen LogP contribution is -2.32. The van der Waals surface area contributed by atoms with E-state index in [1.807, 2.05) is 6.07 Å². The molecule has 1 heterocycles. The molecule has 1 atom stereocenters. The van der Waals surface area contributed by atoms with Crippen LogP contribution in [0.1, 0.15) is 35.8 Å². The Morgan fingerprint density at radius 3 is 2.52 bits per heavy atom. The molecule has 0 amide bonds. The van der Waals surface area contributed by atoms with Crippen LogP contribution in [0.3, 0.4) is 0 Å².